The average molecular weight is 655 g/mol. The summed E-state index contributed by atoms with van der Waals surface area (Å²) in [5.74, 6) is 0.0525. The van der Waals surface area contributed by atoms with Crippen LogP contribution in [0.3, 0.4) is 0 Å². The van der Waals surface area contributed by atoms with Crippen molar-refractivity contribution in [1.29, 1.82) is 0 Å². The Hall–Kier alpha value is -3.92. The number of rotatable bonds is 30. The van der Waals surface area contributed by atoms with E-state index < -0.39 is 0 Å². The van der Waals surface area contributed by atoms with Crippen LogP contribution in [0.1, 0.15) is 117 Å². The van der Waals surface area contributed by atoms with Gasteiger partial charge in [0, 0.05) is 25.9 Å². The van der Waals surface area contributed by atoms with Crippen LogP contribution in [0.5, 0.6) is 0 Å². The second-order valence-electron chi connectivity index (χ2n) is 11.3. The zero-order chi connectivity index (χ0) is 34.9. The Balaban J connectivity index is 3.63. The molecule has 0 radical (unpaired) electrons. The van der Waals surface area contributed by atoms with E-state index in [0.717, 1.165) is 89.9 Å². The SMILES string of the molecule is CC/C=C\C/C=C\C/C=C\C/C=C\C/C=C\C/C=C\CCC(=O)NCCNC(=O)CCC/C=C\C/C=C\C/C=C\C/C=C\C/C=C\CC. The van der Waals surface area contributed by atoms with Gasteiger partial charge in [0.1, 0.15) is 0 Å². The summed E-state index contributed by atoms with van der Waals surface area (Å²) < 4.78 is 0. The second kappa shape index (κ2) is 39.3. The van der Waals surface area contributed by atoms with E-state index in [0.29, 0.717) is 25.9 Å². The molecule has 0 saturated carbocycles. The molecule has 4 nitrogen and oxygen atoms in total. The maximum Gasteiger partial charge on any atom is 0.220 e. The number of carbonyl (C=O) groups is 2. The molecule has 0 bridgehead atoms. The Kier molecular flexibility index (Phi) is 36.1. The molecule has 48 heavy (non-hydrogen) atoms. The van der Waals surface area contributed by atoms with Crippen molar-refractivity contribution in [2.24, 2.45) is 0 Å². The van der Waals surface area contributed by atoms with Crippen LogP contribution >= 0.6 is 0 Å². The van der Waals surface area contributed by atoms with E-state index in [1.165, 1.54) is 0 Å². The number of unbranched alkanes of at least 4 members (excludes halogenated alkanes) is 1. The van der Waals surface area contributed by atoms with Gasteiger partial charge in [-0.1, -0.05) is 148 Å². The third kappa shape index (κ3) is 38.3. The highest BCUT2D eigenvalue weighted by Crippen LogP contribution is 2.00. The second-order valence-corrected chi connectivity index (χ2v) is 11.3. The first-order valence-electron chi connectivity index (χ1n) is 18.4. The van der Waals surface area contributed by atoms with E-state index in [-0.39, 0.29) is 11.8 Å². The van der Waals surface area contributed by atoms with E-state index >= 15 is 0 Å². The first-order valence-corrected chi connectivity index (χ1v) is 18.4. The summed E-state index contributed by atoms with van der Waals surface area (Å²) in [6, 6.07) is 0. The Labute approximate surface area is 294 Å². The van der Waals surface area contributed by atoms with Crippen LogP contribution in [-0.2, 0) is 9.59 Å². The van der Waals surface area contributed by atoms with Crippen molar-refractivity contribution < 1.29 is 9.59 Å². The maximum atomic E-state index is 12.0. The van der Waals surface area contributed by atoms with Crippen molar-refractivity contribution in [1.82, 2.24) is 10.6 Å². The van der Waals surface area contributed by atoms with Crippen molar-refractivity contribution in [3.05, 3.63) is 134 Å². The van der Waals surface area contributed by atoms with Crippen molar-refractivity contribution in [3.63, 3.8) is 0 Å². The Morgan fingerprint density at radius 3 is 0.958 bits per heavy atom. The van der Waals surface area contributed by atoms with E-state index in [9.17, 15) is 9.59 Å². The molecule has 0 heterocycles. The van der Waals surface area contributed by atoms with Crippen LogP contribution in [0, 0.1) is 0 Å². The molecule has 2 N–H and O–H groups in total. The predicted molar refractivity (Wildman–Crippen MR) is 212 cm³/mol. The number of amides is 2. The molecule has 0 aromatic heterocycles. The zero-order valence-corrected chi connectivity index (χ0v) is 30.2. The molecule has 0 fully saturated rings. The lowest BCUT2D eigenvalue weighted by molar-refractivity contribution is -0.122. The molecule has 264 valence electrons. The predicted octanol–water partition coefficient (Wildman–Crippen LogP) is 11.6. The van der Waals surface area contributed by atoms with E-state index in [1.54, 1.807) is 0 Å². The van der Waals surface area contributed by atoms with Crippen LogP contribution in [0.15, 0.2) is 134 Å². The first kappa shape index (κ1) is 44.1. The third-order valence-electron chi connectivity index (χ3n) is 6.84. The zero-order valence-electron chi connectivity index (χ0n) is 30.2. The Morgan fingerprint density at radius 2 is 0.625 bits per heavy atom. The fourth-order valence-electron chi connectivity index (χ4n) is 4.18. The van der Waals surface area contributed by atoms with Gasteiger partial charge in [0.2, 0.25) is 11.8 Å². The summed E-state index contributed by atoms with van der Waals surface area (Å²) in [7, 11) is 0. The van der Waals surface area contributed by atoms with Crippen molar-refractivity contribution in [3.8, 4) is 0 Å². The molecule has 0 rings (SSSR count). The molecule has 0 saturated heterocycles. The lowest BCUT2D eigenvalue weighted by atomic mass is 10.2. The van der Waals surface area contributed by atoms with Gasteiger partial charge in [0.15, 0.2) is 0 Å². The molecule has 2 amide bonds. The van der Waals surface area contributed by atoms with Gasteiger partial charge in [0.25, 0.3) is 0 Å². The minimum Gasteiger partial charge on any atom is -0.354 e. The quantitative estimate of drug-likeness (QED) is 0.0598. The van der Waals surface area contributed by atoms with Crippen molar-refractivity contribution >= 4 is 11.8 Å². The first-order chi connectivity index (χ1) is 23.7. The minimum atomic E-state index is 0.0159. The molecule has 0 aliphatic rings. The van der Waals surface area contributed by atoms with Crippen molar-refractivity contribution in [2.75, 3.05) is 13.1 Å². The topological polar surface area (TPSA) is 58.2 Å². The summed E-state index contributed by atoms with van der Waals surface area (Å²) in [6.45, 7) is 5.23. The van der Waals surface area contributed by atoms with Gasteiger partial charge in [0.05, 0.1) is 0 Å². The Morgan fingerprint density at radius 1 is 0.354 bits per heavy atom. The smallest absolute Gasteiger partial charge is 0.220 e. The highest BCUT2D eigenvalue weighted by atomic mass is 16.2. The molecule has 0 aliphatic heterocycles. The largest absolute Gasteiger partial charge is 0.354 e. The van der Waals surface area contributed by atoms with Gasteiger partial charge >= 0.3 is 0 Å². The highest BCUT2D eigenvalue weighted by molar-refractivity contribution is 5.77. The van der Waals surface area contributed by atoms with Crippen LogP contribution in [0.25, 0.3) is 0 Å². The molecule has 4 heteroatoms. The molecule has 0 aromatic rings. The van der Waals surface area contributed by atoms with Crippen LogP contribution in [-0.4, -0.2) is 24.9 Å². The van der Waals surface area contributed by atoms with E-state index in [2.05, 4.69) is 158 Å². The van der Waals surface area contributed by atoms with Crippen LogP contribution in [0.4, 0.5) is 0 Å². The molecular formula is C44H66N2O2. The minimum absolute atomic E-state index is 0.0159. The van der Waals surface area contributed by atoms with E-state index in [4.69, 9.17) is 0 Å². The maximum absolute atomic E-state index is 12.0. The lowest BCUT2D eigenvalue weighted by Gasteiger charge is -2.06. The van der Waals surface area contributed by atoms with Gasteiger partial charge in [-0.15, -0.1) is 0 Å². The monoisotopic (exact) mass is 655 g/mol. The van der Waals surface area contributed by atoms with Gasteiger partial charge in [-0.3, -0.25) is 9.59 Å². The summed E-state index contributed by atoms with van der Waals surface area (Å²) in [5.41, 5.74) is 0. The van der Waals surface area contributed by atoms with E-state index in [1.807, 2.05) is 0 Å². The fraction of sp³-hybridized carbons (Fsp3) is 0.455. The van der Waals surface area contributed by atoms with Crippen molar-refractivity contribution in [2.45, 2.75) is 117 Å². The number of nitrogens with one attached hydrogen (secondary N) is 2. The van der Waals surface area contributed by atoms with Gasteiger partial charge < -0.3 is 10.6 Å². The highest BCUT2D eigenvalue weighted by Gasteiger charge is 2.01. The molecule has 0 atom stereocenters. The summed E-state index contributed by atoms with van der Waals surface area (Å²) in [4.78, 5) is 24.0. The van der Waals surface area contributed by atoms with Crippen LogP contribution in [0.2, 0.25) is 0 Å². The average Bonchev–Trinajstić information content (AvgIpc) is 3.09. The number of hydrogen-bond acceptors (Lipinski definition) is 2. The molecule has 0 aromatic carbocycles. The lowest BCUT2D eigenvalue weighted by Crippen LogP contribution is -2.34. The molecule has 0 unspecified atom stereocenters. The van der Waals surface area contributed by atoms with Gasteiger partial charge in [-0.05, 0) is 89.9 Å². The fourth-order valence-corrected chi connectivity index (χ4v) is 4.18. The van der Waals surface area contributed by atoms with Gasteiger partial charge in [-0.25, -0.2) is 0 Å². The molecular weight excluding hydrogens is 588 g/mol. The summed E-state index contributed by atoms with van der Waals surface area (Å²) in [5, 5.41) is 5.76. The third-order valence-corrected chi connectivity index (χ3v) is 6.84. The summed E-state index contributed by atoms with van der Waals surface area (Å²) in [6.07, 6.45) is 62.3. The Bertz CT molecular complexity index is 1090. The number of carbonyl (C=O) groups excluding carboxylic acids is 2. The van der Waals surface area contributed by atoms with Crippen LogP contribution < -0.4 is 10.6 Å². The molecule has 0 aliphatic carbocycles. The molecule has 0 spiro atoms. The number of hydrogen-bond donors (Lipinski definition) is 2. The number of allylic oxidation sites excluding steroid dienone is 22. The summed E-state index contributed by atoms with van der Waals surface area (Å²) >= 11 is 0. The standard InChI is InChI=1S/C44H66N2O2/c1-3-5-7-9-11-13-15-17-19-21-22-24-26-28-30-32-34-36-38-40-44(48)46-42-41-45-43(47)39-37-35-33-31-29-27-25-23-20-18-16-14-12-10-8-6-4-2/h5-8,11-14,17-20,22,24-25,27-28,30-31,33-34,36H,3-4,9-10,15-16,21,23,26,29,32,35,37-42H2,1-2H3,(H,45,47)(H,46,48)/b7-5-,8-6-,13-11-,14-12-,19-17-,20-18-,24-22-,27-25-,30-28-,33-31-,36-34-. The van der Waals surface area contributed by atoms with Gasteiger partial charge in [-0.2, -0.15) is 0 Å². The normalized spacial score (nSPS) is 13.1.